The van der Waals surface area contributed by atoms with Crippen molar-refractivity contribution in [1.29, 1.82) is 0 Å². The van der Waals surface area contributed by atoms with E-state index in [1.54, 1.807) is 31.4 Å². The number of hydrogen-bond acceptors (Lipinski definition) is 7. The summed E-state index contributed by atoms with van der Waals surface area (Å²) in [5.41, 5.74) is 0.806. The van der Waals surface area contributed by atoms with Crippen LogP contribution in [-0.2, 0) is 9.53 Å². The van der Waals surface area contributed by atoms with E-state index in [0.29, 0.717) is 47.0 Å². The van der Waals surface area contributed by atoms with Crippen molar-refractivity contribution >= 4 is 40.3 Å². The van der Waals surface area contributed by atoms with Crippen LogP contribution in [0.25, 0.3) is 6.08 Å². The van der Waals surface area contributed by atoms with Gasteiger partial charge >= 0.3 is 0 Å². The van der Waals surface area contributed by atoms with Crippen molar-refractivity contribution in [3.63, 3.8) is 0 Å². The fourth-order valence-corrected chi connectivity index (χ4v) is 3.84. The number of ether oxygens (including phenoxy) is 3. The largest absolute Gasteiger partial charge is 0.497 e. The molecule has 2 saturated heterocycles. The van der Waals surface area contributed by atoms with E-state index in [2.05, 4.69) is 0 Å². The molecule has 0 aromatic heterocycles. The van der Waals surface area contributed by atoms with Crippen molar-refractivity contribution in [3.05, 3.63) is 28.7 Å². The SMILES string of the molecule is COc1ccc(/C=C2/SC(=S)N(N3CCOCC3)C2=O)c(OC)c1. The van der Waals surface area contributed by atoms with Gasteiger partial charge in [-0.25, -0.2) is 10.0 Å². The van der Waals surface area contributed by atoms with Gasteiger partial charge in [-0.3, -0.25) is 4.79 Å². The van der Waals surface area contributed by atoms with Crippen LogP contribution in [0.5, 0.6) is 11.5 Å². The van der Waals surface area contributed by atoms with Crippen molar-refractivity contribution in [2.24, 2.45) is 0 Å². The van der Waals surface area contributed by atoms with Crippen molar-refractivity contribution in [3.8, 4) is 11.5 Å². The molecule has 2 aliphatic heterocycles. The number of methoxy groups -OCH3 is 2. The Morgan fingerprint density at radius 2 is 2.00 bits per heavy atom. The quantitative estimate of drug-likeness (QED) is 0.598. The lowest BCUT2D eigenvalue weighted by atomic mass is 10.1. The number of hydrazine groups is 1. The Kier molecular flexibility index (Phi) is 5.40. The number of rotatable bonds is 4. The predicted molar refractivity (Wildman–Crippen MR) is 97.0 cm³/mol. The summed E-state index contributed by atoms with van der Waals surface area (Å²) in [5.74, 6) is 1.24. The van der Waals surface area contributed by atoms with E-state index in [4.69, 9.17) is 26.4 Å². The number of morpholine rings is 1. The second-order valence-electron chi connectivity index (χ2n) is 5.17. The average molecular weight is 366 g/mol. The zero-order valence-electron chi connectivity index (χ0n) is 13.5. The molecule has 0 bridgehead atoms. The lowest BCUT2D eigenvalue weighted by Crippen LogP contribution is -2.50. The molecule has 0 N–H and O–H groups in total. The molecule has 128 valence electrons. The highest BCUT2D eigenvalue weighted by Gasteiger charge is 2.37. The van der Waals surface area contributed by atoms with E-state index >= 15 is 0 Å². The third-order valence-electron chi connectivity index (χ3n) is 3.77. The first kappa shape index (κ1) is 17.2. The standard InChI is InChI=1S/C16H18N2O4S2/c1-20-12-4-3-11(13(10-12)21-2)9-14-15(19)18(16(23)24-14)17-5-7-22-8-6-17/h3-4,9-10H,5-8H2,1-2H3/b14-9+. The molecule has 6 nitrogen and oxygen atoms in total. The van der Waals surface area contributed by atoms with Crippen molar-refractivity contribution in [2.75, 3.05) is 40.5 Å². The number of nitrogens with zero attached hydrogens (tertiary/aromatic N) is 2. The second-order valence-corrected chi connectivity index (χ2v) is 6.84. The topological polar surface area (TPSA) is 51.2 Å². The van der Waals surface area contributed by atoms with Gasteiger partial charge in [-0.1, -0.05) is 24.0 Å². The fourth-order valence-electron chi connectivity index (χ4n) is 2.54. The Bertz CT molecular complexity index is 687. The highest BCUT2D eigenvalue weighted by Crippen LogP contribution is 2.36. The molecule has 1 amide bonds. The van der Waals surface area contributed by atoms with E-state index < -0.39 is 0 Å². The molecule has 8 heteroatoms. The molecule has 0 atom stereocenters. The van der Waals surface area contributed by atoms with Crippen LogP contribution in [0, 0.1) is 0 Å². The molecule has 2 fully saturated rings. The zero-order valence-corrected chi connectivity index (χ0v) is 15.1. The summed E-state index contributed by atoms with van der Waals surface area (Å²) in [5, 5.41) is 3.51. The number of carbonyl (C=O) groups is 1. The Morgan fingerprint density at radius 3 is 2.67 bits per heavy atom. The zero-order chi connectivity index (χ0) is 17.1. The normalized spacial score (nSPS) is 20.8. The van der Waals surface area contributed by atoms with E-state index in [1.165, 1.54) is 11.8 Å². The number of benzene rings is 1. The average Bonchev–Trinajstić information content (AvgIpc) is 2.89. The maximum Gasteiger partial charge on any atom is 0.280 e. The molecule has 24 heavy (non-hydrogen) atoms. The summed E-state index contributed by atoms with van der Waals surface area (Å²) in [6.45, 7) is 2.52. The number of thioether (sulfide) groups is 1. The Labute approximate surface area is 150 Å². The van der Waals surface area contributed by atoms with Gasteiger partial charge in [-0.2, -0.15) is 0 Å². The molecular formula is C16H18N2O4S2. The van der Waals surface area contributed by atoms with Gasteiger partial charge in [0, 0.05) is 24.7 Å². The summed E-state index contributed by atoms with van der Waals surface area (Å²) in [7, 11) is 3.19. The molecule has 1 aromatic carbocycles. The van der Waals surface area contributed by atoms with Gasteiger partial charge in [-0.05, 0) is 18.2 Å². The highest BCUT2D eigenvalue weighted by atomic mass is 32.2. The number of carbonyl (C=O) groups excluding carboxylic acids is 1. The van der Waals surface area contributed by atoms with Crippen LogP contribution in [0.1, 0.15) is 5.56 Å². The molecule has 0 spiro atoms. The number of hydrogen-bond donors (Lipinski definition) is 0. The molecule has 2 heterocycles. The Balaban J connectivity index is 1.86. The van der Waals surface area contributed by atoms with Crippen LogP contribution < -0.4 is 9.47 Å². The van der Waals surface area contributed by atoms with Crippen molar-refractivity contribution < 1.29 is 19.0 Å². The molecule has 0 saturated carbocycles. The van der Waals surface area contributed by atoms with Crippen molar-refractivity contribution in [2.45, 2.75) is 0 Å². The monoisotopic (exact) mass is 366 g/mol. The van der Waals surface area contributed by atoms with E-state index in [9.17, 15) is 4.79 Å². The third kappa shape index (κ3) is 3.41. The first-order valence-electron chi connectivity index (χ1n) is 7.46. The second kappa shape index (κ2) is 7.52. The van der Waals surface area contributed by atoms with Crippen LogP contribution in [0.3, 0.4) is 0 Å². The van der Waals surface area contributed by atoms with Crippen LogP contribution in [-0.4, -0.2) is 60.8 Å². The summed E-state index contributed by atoms with van der Waals surface area (Å²) < 4.78 is 16.5. The fraction of sp³-hybridized carbons (Fsp3) is 0.375. The minimum Gasteiger partial charge on any atom is -0.497 e. The van der Waals surface area contributed by atoms with Gasteiger partial charge in [0.05, 0.1) is 32.3 Å². The predicted octanol–water partition coefficient (Wildman–Crippen LogP) is 2.15. The Morgan fingerprint density at radius 1 is 1.25 bits per heavy atom. The summed E-state index contributed by atoms with van der Waals surface area (Å²) in [6, 6.07) is 5.48. The molecule has 0 radical (unpaired) electrons. The van der Waals surface area contributed by atoms with Gasteiger partial charge in [0.25, 0.3) is 5.91 Å². The lowest BCUT2D eigenvalue weighted by molar-refractivity contribution is -0.138. The maximum atomic E-state index is 12.7. The minimum atomic E-state index is -0.107. The summed E-state index contributed by atoms with van der Waals surface area (Å²) >= 11 is 6.68. The first-order chi connectivity index (χ1) is 11.6. The molecular weight excluding hydrogens is 348 g/mol. The first-order valence-corrected chi connectivity index (χ1v) is 8.69. The maximum absolute atomic E-state index is 12.7. The lowest BCUT2D eigenvalue weighted by Gasteiger charge is -2.33. The summed E-state index contributed by atoms with van der Waals surface area (Å²) in [6.07, 6.45) is 1.80. The molecule has 1 aromatic rings. The molecule has 2 aliphatic rings. The van der Waals surface area contributed by atoms with E-state index in [-0.39, 0.29) is 5.91 Å². The molecule has 0 aliphatic carbocycles. The smallest absolute Gasteiger partial charge is 0.280 e. The van der Waals surface area contributed by atoms with E-state index in [0.717, 1.165) is 5.56 Å². The minimum absolute atomic E-state index is 0.107. The Hall–Kier alpha value is -1.61. The van der Waals surface area contributed by atoms with Gasteiger partial charge < -0.3 is 14.2 Å². The van der Waals surface area contributed by atoms with Gasteiger partial charge in [-0.15, -0.1) is 0 Å². The third-order valence-corrected chi connectivity index (χ3v) is 5.05. The highest BCUT2D eigenvalue weighted by molar-refractivity contribution is 8.26. The van der Waals surface area contributed by atoms with Gasteiger partial charge in [0.2, 0.25) is 0 Å². The van der Waals surface area contributed by atoms with Gasteiger partial charge in [0.15, 0.2) is 4.32 Å². The van der Waals surface area contributed by atoms with Crippen LogP contribution in [0.2, 0.25) is 0 Å². The summed E-state index contributed by atoms with van der Waals surface area (Å²) in [4.78, 5) is 13.3. The van der Waals surface area contributed by atoms with E-state index in [1.807, 2.05) is 17.1 Å². The van der Waals surface area contributed by atoms with Crippen LogP contribution in [0.4, 0.5) is 0 Å². The van der Waals surface area contributed by atoms with Crippen molar-refractivity contribution in [1.82, 2.24) is 10.0 Å². The number of thiocarbonyl (C=S) groups is 1. The van der Waals surface area contributed by atoms with Crippen LogP contribution in [0.15, 0.2) is 23.1 Å². The van der Waals surface area contributed by atoms with Gasteiger partial charge in [0.1, 0.15) is 11.5 Å². The molecule has 0 unspecified atom stereocenters. The molecule has 3 rings (SSSR count). The van der Waals surface area contributed by atoms with Crippen LogP contribution >= 0.6 is 24.0 Å². The number of amides is 1.